The first kappa shape index (κ1) is 12.2. The van der Waals surface area contributed by atoms with Crippen LogP contribution in [0.15, 0.2) is 11.0 Å². The summed E-state index contributed by atoms with van der Waals surface area (Å²) in [5, 5.41) is 18.7. The molecule has 1 aliphatic heterocycles. The summed E-state index contributed by atoms with van der Waals surface area (Å²) in [6, 6.07) is -0.260. The number of fused-ring (bicyclic) bond motifs is 1. The molecule has 1 fully saturated rings. The van der Waals surface area contributed by atoms with Crippen LogP contribution >= 0.6 is 0 Å². The SMILES string of the molecule is Nc1nc2c(CN3C[C@@H](O)[C@H]3CO)c[nH]c2c(=O)[nH]1. The summed E-state index contributed by atoms with van der Waals surface area (Å²) in [4.78, 5) is 23.0. The number of nitrogens with two attached hydrogens (primary N) is 1. The molecular weight excluding hydrogens is 250 g/mol. The van der Waals surface area contributed by atoms with Crippen molar-refractivity contribution in [3.8, 4) is 0 Å². The molecule has 2 aromatic rings. The maximum Gasteiger partial charge on any atom is 0.276 e. The molecule has 0 unspecified atom stereocenters. The molecule has 1 aliphatic rings. The van der Waals surface area contributed by atoms with Crippen LogP contribution in [0.4, 0.5) is 5.95 Å². The van der Waals surface area contributed by atoms with Crippen molar-refractivity contribution < 1.29 is 10.2 Å². The fraction of sp³-hybridized carbons (Fsp3) is 0.455. The van der Waals surface area contributed by atoms with E-state index >= 15 is 0 Å². The van der Waals surface area contributed by atoms with Crippen LogP contribution in [0.2, 0.25) is 0 Å². The van der Waals surface area contributed by atoms with Gasteiger partial charge in [0, 0.05) is 24.8 Å². The number of anilines is 1. The van der Waals surface area contributed by atoms with Gasteiger partial charge in [-0.1, -0.05) is 0 Å². The van der Waals surface area contributed by atoms with Gasteiger partial charge < -0.3 is 20.9 Å². The molecule has 0 spiro atoms. The summed E-state index contributed by atoms with van der Waals surface area (Å²) in [7, 11) is 0. The Labute approximate surface area is 107 Å². The summed E-state index contributed by atoms with van der Waals surface area (Å²) in [6.45, 7) is 0.897. The van der Waals surface area contributed by atoms with Crippen LogP contribution in [0.3, 0.4) is 0 Å². The lowest BCUT2D eigenvalue weighted by Crippen LogP contribution is -2.61. The van der Waals surface area contributed by atoms with Gasteiger partial charge in [-0.15, -0.1) is 0 Å². The molecule has 8 nitrogen and oxygen atoms in total. The zero-order valence-corrected chi connectivity index (χ0v) is 10.1. The Bertz CT molecular complexity index is 664. The lowest BCUT2D eigenvalue weighted by molar-refractivity contribution is -0.0864. The Kier molecular flexibility index (Phi) is 2.77. The number of H-pyrrole nitrogens is 2. The van der Waals surface area contributed by atoms with Crippen molar-refractivity contribution >= 4 is 17.0 Å². The van der Waals surface area contributed by atoms with E-state index in [1.165, 1.54) is 0 Å². The second-order valence-electron chi connectivity index (χ2n) is 4.74. The van der Waals surface area contributed by atoms with Crippen molar-refractivity contribution in [2.75, 3.05) is 18.9 Å². The molecule has 0 aromatic carbocycles. The van der Waals surface area contributed by atoms with Crippen molar-refractivity contribution in [3.05, 3.63) is 22.1 Å². The largest absolute Gasteiger partial charge is 0.395 e. The molecule has 2 aromatic heterocycles. The quantitative estimate of drug-likeness (QED) is 0.453. The Morgan fingerprint density at radius 1 is 1.58 bits per heavy atom. The molecule has 3 heterocycles. The fourth-order valence-corrected chi connectivity index (χ4v) is 2.45. The van der Waals surface area contributed by atoms with Crippen molar-refractivity contribution in [1.82, 2.24) is 19.9 Å². The number of hydrogen-bond acceptors (Lipinski definition) is 6. The summed E-state index contributed by atoms with van der Waals surface area (Å²) < 4.78 is 0. The zero-order chi connectivity index (χ0) is 13.6. The highest BCUT2D eigenvalue weighted by molar-refractivity contribution is 5.78. The van der Waals surface area contributed by atoms with Crippen LogP contribution in [0.5, 0.6) is 0 Å². The lowest BCUT2D eigenvalue weighted by atomic mass is 9.99. The maximum absolute atomic E-state index is 11.7. The zero-order valence-electron chi connectivity index (χ0n) is 10.1. The van der Waals surface area contributed by atoms with E-state index in [4.69, 9.17) is 10.8 Å². The number of aromatic amines is 2. The minimum absolute atomic E-state index is 0.0701. The maximum atomic E-state index is 11.7. The number of nitrogens with zero attached hydrogens (tertiary/aromatic N) is 2. The smallest absolute Gasteiger partial charge is 0.276 e. The first-order chi connectivity index (χ1) is 9.10. The molecular formula is C11H15N5O3. The number of aliphatic hydroxyl groups excluding tert-OH is 2. The van der Waals surface area contributed by atoms with Crippen molar-refractivity contribution in [2.24, 2.45) is 0 Å². The Balaban J connectivity index is 1.92. The highest BCUT2D eigenvalue weighted by Crippen LogP contribution is 2.23. The molecule has 8 heteroatoms. The van der Waals surface area contributed by atoms with Crippen molar-refractivity contribution in [1.29, 1.82) is 0 Å². The van der Waals surface area contributed by atoms with Crippen LogP contribution in [-0.2, 0) is 6.54 Å². The fourth-order valence-electron chi connectivity index (χ4n) is 2.45. The molecule has 3 rings (SSSR count). The van der Waals surface area contributed by atoms with Gasteiger partial charge in [0.15, 0.2) is 0 Å². The summed E-state index contributed by atoms with van der Waals surface area (Å²) in [6.07, 6.45) is 1.20. The van der Waals surface area contributed by atoms with Crippen LogP contribution < -0.4 is 11.3 Å². The number of likely N-dealkylation sites (tertiary alicyclic amines) is 1. The number of nitrogen functional groups attached to an aromatic ring is 1. The molecule has 0 bridgehead atoms. The van der Waals surface area contributed by atoms with Crippen LogP contribution in [0.1, 0.15) is 5.56 Å². The van der Waals surface area contributed by atoms with Crippen molar-refractivity contribution in [2.45, 2.75) is 18.7 Å². The number of hydrogen-bond donors (Lipinski definition) is 5. The Hall–Kier alpha value is -1.90. The second kappa shape index (κ2) is 4.34. The highest BCUT2D eigenvalue weighted by Gasteiger charge is 2.37. The minimum atomic E-state index is -0.503. The van der Waals surface area contributed by atoms with Gasteiger partial charge in [-0.25, -0.2) is 4.98 Å². The van der Waals surface area contributed by atoms with Gasteiger partial charge in [-0.2, -0.15) is 0 Å². The molecule has 2 atom stereocenters. The van der Waals surface area contributed by atoms with E-state index in [1.54, 1.807) is 6.20 Å². The third kappa shape index (κ3) is 1.89. The van der Waals surface area contributed by atoms with E-state index in [0.717, 1.165) is 5.56 Å². The third-order valence-electron chi connectivity index (χ3n) is 3.53. The molecule has 102 valence electrons. The van der Waals surface area contributed by atoms with E-state index in [9.17, 15) is 9.90 Å². The predicted molar refractivity (Wildman–Crippen MR) is 68.4 cm³/mol. The molecule has 19 heavy (non-hydrogen) atoms. The van der Waals surface area contributed by atoms with E-state index in [1.807, 2.05) is 4.90 Å². The average Bonchev–Trinajstić information content (AvgIpc) is 2.72. The van der Waals surface area contributed by atoms with Gasteiger partial charge in [0.2, 0.25) is 5.95 Å². The topological polar surface area (TPSA) is 131 Å². The first-order valence-electron chi connectivity index (χ1n) is 5.99. The van der Waals surface area contributed by atoms with Crippen LogP contribution in [0.25, 0.3) is 11.0 Å². The number of nitrogens with one attached hydrogen (secondary N) is 2. The molecule has 0 saturated carbocycles. The Morgan fingerprint density at radius 3 is 3.05 bits per heavy atom. The number of rotatable bonds is 3. The third-order valence-corrected chi connectivity index (χ3v) is 3.53. The van der Waals surface area contributed by atoms with Crippen molar-refractivity contribution in [3.63, 3.8) is 0 Å². The van der Waals surface area contributed by atoms with Crippen LogP contribution in [-0.4, -0.2) is 55.4 Å². The van der Waals surface area contributed by atoms with E-state index in [2.05, 4.69) is 15.0 Å². The molecule has 0 aliphatic carbocycles. The second-order valence-corrected chi connectivity index (χ2v) is 4.74. The lowest BCUT2D eigenvalue weighted by Gasteiger charge is -2.44. The summed E-state index contributed by atoms with van der Waals surface area (Å²) in [5.41, 5.74) is 6.95. The molecule has 0 radical (unpaired) electrons. The number of β-amino-alcohol motifs (C(OH)–C–C–N with tert-alkyl or cyclic N) is 1. The van der Waals surface area contributed by atoms with Gasteiger partial charge in [-0.05, 0) is 0 Å². The van der Waals surface area contributed by atoms with Gasteiger partial charge in [0.25, 0.3) is 5.56 Å². The van der Waals surface area contributed by atoms with E-state index in [0.29, 0.717) is 24.1 Å². The molecule has 6 N–H and O–H groups in total. The summed E-state index contributed by atoms with van der Waals surface area (Å²) in [5.74, 6) is 0.0701. The van der Waals surface area contributed by atoms with Gasteiger partial charge in [-0.3, -0.25) is 14.7 Å². The summed E-state index contributed by atoms with van der Waals surface area (Å²) >= 11 is 0. The minimum Gasteiger partial charge on any atom is -0.395 e. The monoisotopic (exact) mass is 265 g/mol. The number of aliphatic hydroxyl groups is 2. The Morgan fingerprint density at radius 2 is 2.37 bits per heavy atom. The first-order valence-corrected chi connectivity index (χ1v) is 5.99. The average molecular weight is 265 g/mol. The molecule has 1 saturated heterocycles. The van der Waals surface area contributed by atoms with E-state index in [-0.39, 0.29) is 24.2 Å². The molecule has 0 amide bonds. The standard InChI is InChI=1S/C11H15N5O3/c12-11-14-8-5(1-13-9(8)10(19)15-11)2-16-3-7(18)6(16)4-17/h1,6-7,13,17-18H,2-4H2,(H3,12,14,15,19)/t6-,7-/m1/s1. The highest BCUT2D eigenvalue weighted by atomic mass is 16.3. The number of aromatic nitrogens is 3. The van der Waals surface area contributed by atoms with E-state index < -0.39 is 6.10 Å². The predicted octanol–water partition coefficient (Wildman–Crippen LogP) is -1.63. The van der Waals surface area contributed by atoms with Gasteiger partial charge in [0.1, 0.15) is 11.0 Å². The normalized spacial score (nSPS) is 23.7. The van der Waals surface area contributed by atoms with Gasteiger partial charge >= 0.3 is 0 Å². The van der Waals surface area contributed by atoms with Crippen LogP contribution in [0, 0.1) is 0 Å². The van der Waals surface area contributed by atoms with Gasteiger partial charge in [0.05, 0.1) is 18.8 Å².